The Morgan fingerprint density at radius 3 is 1.40 bits per heavy atom. The Hall–Kier alpha value is -7.62. The quantitative estimate of drug-likeness (QED) is 0.173. The molecule has 0 spiro atoms. The highest BCUT2D eigenvalue weighted by Gasteiger charge is 2.17. The van der Waals surface area contributed by atoms with Gasteiger partial charge >= 0.3 is 0 Å². The number of benzene rings is 9. The van der Waals surface area contributed by atoms with Crippen LogP contribution >= 0.6 is 0 Å². The molecule has 3 heteroatoms. The van der Waals surface area contributed by atoms with E-state index in [1.807, 2.05) is 12.1 Å². The van der Waals surface area contributed by atoms with E-state index in [2.05, 4.69) is 203 Å². The first-order valence-corrected chi connectivity index (χ1v) is 19.5. The number of hydrogen-bond acceptors (Lipinski definition) is 1. The van der Waals surface area contributed by atoms with E-state index in [9.17, 15) is 0 Å². The fourth-order valence-corrected chi connectivity index (χ4v) is 9.12. The van der Waals surface area contributed by atoms with Crippen LogP contribution in [0.25, 0.3) is 110 Å². The van der Waals surface area contributed by atoms with Crippen molar-refractivity contribution in [3.05, 3.63) is 206 Å². The first kappa shape index (κ1) is 31.7. The minimum absolute atomic E-state index is 0.913. The van der Waals surface area contributed by atoms with E-state index in [0.717, 1.165) is 44.4 Å². The molecule has 0 N–H and O–H groups in total. The predicted molar refractivity (Wildman–Crippen MR) is 239 cm³/mol. The SMILES string of the molecule is c1cc(-c2cccc(-c3cccc4c3oc3ccccc34)c2)cc(-c2cccc(-n3c4ccccc4c4cc(-n5c6ccccc6c6ccccc65)ccc43)c2)c1. The monoisotopic (exact) mass is 726 g/mol. The molecule has 0 aliphatic heterocycles. The lowest BCUT2D eigenvalue weighted by atomic mass is 9.95. The van der Waals surface area contributed by atoms with Crippen molar-refractivity contribution in [2.75, 3.05) is 0 Å². The standard InChI is InChI=1S/C54H34N2O/c1-5-25-49-43(19-1)44-20-2-6-26-50(44)56(49)41-29-30-52-48(34-41)45-21-3-7-27-51(45)55(52)40-18-11-16-38(33-40)36-14-9-13-35(31-36)37-15-10-17-39(32-37)42-23-12-24-47-46-22-4-8-28-53(46)57-54(42)47/h1-34H. The lowest BCUT2D eigenvalue weighted by Crippen LogP contribution is -1.96. The van der Waals surface area contributed by atoms with Gasteiger partial charge in [0.1, 0.15) is 11.2 Å². The van der Waals surface area contributed by atoms with Gasteiger partial charge in [0.25, 0.3) is 0 Å². The van der Waals surface area contributed by atoms with Crippen LogP contribution in [0.3, 0.4) is 0 Å². The molecule has 0 radical (unpaired) electrons. The fraction of sp³-hybridized carbons (Fsp3) is 0. The van der Waals surface area contributed by atoms with E-state index in [1.165, 1.54) is 65.9 Å². The van der Waals surface area contributed by atoms with E-state index in [-0.39, 0.29) is 0 Å². The van der Waals surface area contributed by atoms with E-state index in [0.29, 0.717) is 0 Å². The molecule has 0 saturated heterocycles. The average Bonchev–Trinajstić information content (AvgIpc) is 3.94. The molecular formula is C54H34N2O. The van der Waals surface area contributed by atoms with E-state index in [4.69, 9.17) is 4.42 Å². The molecule has 0 saturated carbocycles. The number of para-hydroxylation sites is 5. The largest absolute Gasteiger partial charge is 0.455 e. The third kappa shape index (κ3) is 4.92. The lowest BCUT2D eigenvalue weighted by Gasteiger charge is -2.12. The summed E-state index contributed by atoms with van der Waals surface area (Å²) >= 11 is 0. The van der Waals surface area contributed by atoms with Gasteiger partial charge in [-0.3, -0.25) is 0 Å². The third-order valence-electron chi connectivity index (χ3n) is 11.7. The lowest BCUT2D eigenvalue weighted by molar-refractivity contribution is 0.670. The van der Waals surface area contributed by atoms with Gasteiger partial charge in [0.05, 0.1) is 22.1 Å². The van der Waals surface area contributed by atoms with Crippen molar-refractivity contribution in [2.45, 2.75) is 0 Å². The molecule has 3 nitrogen and oxygen atoms in total. The highest BCUT2D eigenvalue weighted by atomic mass is 16.3. The van der Waals surface area contributed by atoms with Gasteiger partial charge in [-0.05, 0) is 94.5 Å². The number of furan rings is 1. The van der Waals surface area contributed by atoms with Gasteiger partial charge in [-0.2, -0.15) is 0 Å². The van der Waals surface area contributed by atoms with Crippen molar-refractivity contribution in [3.63, 3.8) is 0 Å². The minimum Gasteiger partial charge on any atom is -0.455 e. The first-order chi connectivity index (χ1) is 28.3. The summed E-state index contributed by atoms with van der Waals surface area (Å²) in [5, 5.41) is 7.29. The molecule has 57 heavy (non-hydrogen) atoms. The number of nitrogens with zero attached hydrogens (tertiary/aromatic N) is 2. The third-order valence-corrected chi connectivity index (χ3v) is 11.7. The van der Waals surface area contributed by atoms with Gasteiger partial charge in [0, 0.05) is 49.3 Å². The normalized spacial score (nSPS) is 11.9. The molecule has 12 aromatic rings. The van der Waals surface area contributed by atoms with Crippen molar-refractivity contribution in [1.82, 2.24) is 9.13 Å². The van der Waals surface area contributed by atoms with Crippen LogP contribution < -0.4 is 0 Å². The summed E-state index contributed by atoms with van der Waals surface area (Å²) in [7, 11) is 0. The van der Waals surface area contributed by atoms with Crippen LogP contribution in [0.15, 0.2) is 211 Å². The number of aromatic nitrogens is 2. The Bertz CT molecular complexity index is 3490. The highest BCUT2D eigenvalue weighted by Crippen LogP contribution is 2.39. The van der Waals surface area contributed by atoms with Gasteiger partial charge < -0.3 is 13.6 Å². The van der Waals surface area contributed by atoms with Crippen LogP contribution in [0.2, 0.25) is 0 Å². The number of fused-ring (bicyclic) bond motifs is 9. The Morgan fingerprint density at radius 1 is 0.281 bits per heavy atom. The highest BCUT2D eigenvalue weighted by molar-refractivity contribution is 6.13. The average molecular weight is 727 g/mol. The number of rotatable bonds is 5. The summed E-state index contributed by atoms with van der Waals surface area (Å²) in [6.45, 7) is 0. The van der Waals surface area contributed by atoms with Crippen molar-refractivity contribution in [1.29, 1.82) is 0 Å². The second-order valence-corrected chi connectivity index (χ2v) is 14.9. The zero-order chi connectivity index (χ0) is 37.5. The molecule has 0 unspecified atom stereocenters. The molecule has 3 heterocycles. The Kier molecular flexibility index (Phi) is 6.93. The van der Waals surface area contributed by atoms with E-state index >= 15 is 0 Å². The molecule has 0 aliphatic rings. The predicted octanol–water partition coefficient (Wildman–Crippen LogP) is 14.8. The summed E-state index contributed by atoms with van der Waals surface area (Å²) in [5.74, 6) is 0. The van der Waals surface area contributed by atoms with Gasteiger partial charge in [0.2, 0.25) is 0 Å². The summed E-state index contributed by atoms with van der Waals surface area (Å²) < 4.78 is 11.2. The zero-order valence-corrected chi connectivity index (χ0v) is 30.9. The Labute approximate surface area is 328 Å². The summed E-state index contributed by atoms with van der Waals surface area (Å²) in [5.41, 5.74) is 15.9. The maximum absolute atomic E-state index is 6.41. The summed E-state index contributed by atoms with van der Waals surface area (Å²) in [6.07, 6.45) is 0. The summed E-state index contributed by atoms with van der Waals surface area (Å²) in [6, 6.07) is 74.5. The van der Waals surface area contributed by atoms with Crippen molar-refractivity contribution >= 4 is 65.6 Å². The van der Waals surface area contributed by atoms with Crippen LogP contribution in [-0.4, -0.2) is 9.13 Å². The first-order valence-electron chi connectivity index (χ1n) is 19.5. The zero-order valence-electron chi connectivity index (χ0n) is 30.9. The van der Waals surface area contributed by atoms with Gasteiger partial charge in [-0.1, -0.05) is 140 Å². The second kappa shape index (κ2) is 12.5. The van der Waals surface area contributed by atoms with Crippen molar-refractivity contribution < 1.29 is 4.42 Å². The molecule has 0 amide bonds. The molecule has 12 rings (SSSR count). The van der Waals surface area contributed by atoms with Crippen LogP contribution in [-0.2, 0) is 0 Å². The second-order valence-electron chi connectivity index (χ2n) is 14.9. The molecule has 266 valence electrons. The molecule has 0 atom stereocenters. The molecule has 3 aromatic heterocycles. The summed E-state index contributed by atoms with van der Waals surface area (Å²) in [4.78, 5) is 0. The topological polar surface area (TPSA) is 23.0 Å². The molecule has 9 aromatic carbocycles. The van der Waals surface area contributed by atoms with Gasteiger partial charge in [-0.15, -0.1) is 0 Å². The van der Waals surface area contributed by atoms with Crippen LogP contribution in [0.4, 0.5) is 0 Å². The number of hydrogen-bond donors (Lipinski definition) is 0. The molecule has 0 fully saturated rings. The maximum Gasteiger partial charge on any atom is 0.143 e. The smallest absolute Gasteiger partial charge is 0.143 e. The minimum atomic E-state index is 0.913. The molecule has 0 aliphatic carbocycles. The van der Waals surface area contributed by atoms with Crippen molar-refractivity contribution in [3.8, 4) is 44.8 Å². The Morgan fingerprint density at radius 2 is 0.737 bits per heavy atom. The molecular weight excluding hydrogens is 693 g/mol. The van der Waals surface area contributed by atoms with Gasteiger partial charge in [-0.25, -0.2) is 0 Å². The Balaban J connectivity index is 0.949. The fourth-order valence-electron chi connectivity index (χ4n) is 9.12. The van der Waals surface area contributed by atoms with Crippen LogP contribution in [0.1, 0.15) is 0 Å². The van der Waals surface area contributed by atoms with E-state index < -0.39 is 0 Å². The van der Waals surface area contributed by atoms with Crippen LogP contribution in [0.5, 0.6) is 0 Å². The van der Waals surface area contributed by atoms with E-state index in [1.54, 1.807) is 0 Å². The maximum atomic E-state index is 6.41. The molecule has 0 bridgehead atoms. The van der Waals surface area contributed by atoms with Gasteiger partial charge in [0.15, 0.2) is 0 Å². The van der Waals surface area contributed by atoms with Crippen molar-refractivity contribution in [2.24, 2.45) is 0 Å². The van der Waals surface area contributed by atoms with Crippen LogP contribution in [0, 0.1) is 0 Å².